The molecule has 4 aliphatic carbocycles. The molecule has 20 unspecified atom stereocenters. The average Bonchev–Trinajstić information content (AvgIpc) is 3.58. The highest BCUT2D eigenvalue weighted by Crippen LogP contribution is 2.70. The maximum Gasteiger partial charge on any atom is 0.187 e. The average molecular weight is 761 g/mol. The summed E-state index contributed by atoms with van der Waals surface area (Å²) in [6.45, 7) is 9.98. The lowest BCUT2D eigenvalue weighted by Gasteiger charge is -2.68. The Morgan fingerprint density at radius 2 is 1.53 bits per heavy atom. The Morgan fingerprint density at radius 1 is 0.830 bits per heavy atom. The molecule has 20 atom stereocenters. The molecule has 14 heteroatoms. The quantitative estimate of drug-likeness (QED) is 0.138. The van der Waals surface area contributed by atoms with Gasteiger partial charge in [0.1, 0.15) is 36.6 Å². The van der Waals surface area contributed by atoms with E-state index in [9.17, 15) is 40.9 Å². The molecule has 0 aromatic carbocycles. The van der Waals surface area contributed by atoms with Gasteiger partial charge in [0.15, 0.2) is 12.6 Å². The van der Waals surface area contributed by atoms with Crippen molar-refractivity contribution in [1.82, 2.24) is 0 Å². The Hall–Kier alpha value is -0.560. The van der Waals surface area contributed by atoms with Gasteiger partial charge in [-0.3, -0.25) is 0 Å². The number of hydrogen-bond donors (Lipinski definition) is 8. The maximum absolute atomic E-state index is 12.7. The van der Waals surface area contributed by atoms with E-state index < -0.39 is 95.5 Å². The maximum atomic E-state index is 12.7. The lowest BCUT2D eigenvalue weighted by molar-refractivity contribution is -0.315. The molecule has 2 aliphatic heterocycles. The SMILES string of the molecule is COC1C(OC2C(OC(CCC(C)C3CC(O)C4C3(C)CCC3C4(O)CC(O)C4(O)CC(O)CCC34C)C(C)C)OC(CO)C2OC)OCC(O)C1O. The monoisotopic (exact) mass is 760 g/mol. The van der Waals surface area contributed by atoms with Crippen LogP contribution in [0.25, 0.3) is 0 Å². The zero-order valence-electron chi connectivity index (χ0n) is 32.6. The van der Waals surface area contributed by atoms with Crippen LogP contribution >= 0.6 is 0 Å². The molecule has 6 rings (SSSR count). The first-order valence-electron chi connectivity index (χ1n) is 20.0. The van der Waals surface area contributed by atoms with Crippen molar-refractivity contribution in [1.29, 1.82) is 0 Å². The number of hydrogen-bond acceptors (Lipinski definition) is 14. The summed E-state index contributed by atoms with van der Waals surface area (Å²) in [5.74, 6) is -0.477. The number of rotatable bonds is 12. The standard InChI is InChI=1S/C39H68O14/c1-19(2)25(51-35-32(30(48-6)26(17-40)52-35)53-34-31(49-7)29(45)24(43)18-50-34)9-8-20(3)22-14-23(42)33-36(22,4)12-11-27-37(5)13-10-21(41)15-39(37,47)28(44)16-38(27,33)46/h19-35,40-47H,8-18H2,1-7H3. The molecule has 0 radical (unpaired) electrons. The van der Waals surface area contributed by atoms with Crippen LogP contribution in [0.4, 0.5) is 0 Å². The Kier molecular flexibility index (Phi) is 12.4. The molecule has 2 heterocycles. The minimum atomic E-state index is -1.50. The highest BCUT2D eigenvalue weighted by molar-refractivity contribution is 5.24. The van der Waals surface area contributed by atoms with E-state index in [0.29, 0.717) is 32.1 Å². The summed E-state index contributed by atoms with van der Waals surface area (Å²) >= 11 is 0. The molecular formula is C39H68O14. The molecule has 14 nitrogen and oxygen atoms in total. The molecule has 308 valence electrons. The third-order valence-corrected chi connectivity index (χ3v) is 15.3. The van der Waals surface area contributed by atoms with Crippen molar-refractivity contribution in [2.45, 2.75) is 177 Å². The van der Waals surface area contributed by atoms with Crippen molar-refractivity contribution in [2.24, 2.45) is 40.4 Å². The van der Waals surface area contributed by atoms with Crippen LogP contribution in [0.5, 0.6) is 0 Å². The van der Waals surface area contributed by atoms with Gasteiger partial charge in [-0.05, 0) is 74.0 Å². The number of aliphatic hydroxyl groups is 8. The lowest BCUT2D eigenvalue weighted by Crippen LogP contribution is -2.75. The molecule has 0 spiro atoms. The molecule has 0 bridgehead atoms. The summed E-state index contributed by atoms with van der Waals surface area (Å²) < 4.78 is 36.0. The van der Waals surface area contributed by atoms with E-state index in [-0.39, 0.29) is 55.8 Å². The van der Waals surface area contributed by atoms with Crippen molar-refractivity contribution in [3.8, 4) is 0 Å². The summed E-state index contributed by atoms with van der Waals surface area (Å²) in [6, 6.07) is 0. The Labute approximate surface area is 314 Å². The first kappa shape index (κ1) is 42.1. The summed E-state index contributed by atoms with van der Waals surface area (Å²) in [7, 11) is 2.89. The summed E-state index contributed by atoms with van der Waals surface area (Å²) in [5.41, 5.74) is -4.05. The largest absolute Gasteiger partial charge is 0.394 e. The van der Waals surface area contributed by atoms with Gasteiger partial charge in [-0.25, -0.2) is 0 Å². The van der Waals surface area contributed by atoms with Gasteiger partial charge in [-0.15, -0.1) is 0 Å². The van der Waals surface area contributed by atoms with Gasteiger partial charge in [0, 0.05) is 38.4 Å². The van der Waals surface area contributed by atoms with E-state index in [0.717, 1.165) is 12.8 Å². The van der Waals surface area contributed by atoms with Crippen LogP contribution in [0.2, 0.25) is 0 Å². The number of fused-ring (bicyclic) bond motifs is 5. The molecule has 0 amide bonds. The second-order valence-electron chi connectivity index (χ2n) is 18.4. The van der Waals surface area contributed by atoms with E-state index in [2.05, 4.69) is 27.7 Å². The van der Waals surface area contributed by atoms with Gasteiger partial charge in [-0.2, -0.15) is 0 Å². The summed E-state index contributed by atoms with van der Waals surface area (Å²) in [5, 5.41) is 89.0. The molecule has 4 saturated carbocycles. The van der Waals surface area contributed by atoms with E-state index in [1.165, 1.54) is 14.2 Å². The number of aliphatic hydroxyl groups excluding tert-OH is 6. The smallest absolute Gasteiger partial charge is 0.187 e. The zero-order valence-corrected chi connectivity index (χ0v) is 32.6. The molecule has 2 saturated heterocycles. The topological polar surface area (TPSA) is 217 Å². The van der Waals surface area contributed by atoms with Gasteiger partial charge < -0.3 is 69.3 Å². The second-order valence-corrected chi connectivity index (χ2v) is 18.4. The molecule has 6 fully saturated rings. The van der Waals surface area contributed by atoms with Crippen LogP contribution < -0.4 is 0 Å². The van der Waals surface area contributed by atoms with Crippen LogP contribution in [0.3, 0.4) is 0 Å². The van der Waals surface area contributed by atoms with E-state index in [1.807, 2.05) is 6.92 Å². The van der Waals surface area contributed by atoms with Crippen molar-refractivity contribution >= 4 is 0 Å². The van der Waals surface area contributed by atoms with Crippen molar-refractivity contribution in [3.63, 3.8) is 0 Å². The number of ether oxygens (including phenoxy) is 6. The van der Waals surface area contributed by atoms with Crippen molar-refractivity contribution in [3.05, 3.63) is 0 Å². The first-order chi connectivity index (χ1) is 24.9. The third-order valence-electron chi connectivity index (χ3n) is 15.3. The van der Waals surface area contributed by atoms with Crippen LogP contribution in [0.1, 0.15) is 92.4 Å². The fraction of sp³-hybridized carbons (Fsp3) is 1.00. The van der Waals surface area contributed by atoms with E-state index in [1.54, 1.807) is 0 Å². The third kappa shape index (κ3) is 6.96. The Balaban J connectivity index is 1.15. The number of methoxy groups -OCH3 is 2. The second kappa shape index (κ2) is 15.7. The van der Waals surface area contributed by atoms with Crippen LogP contribution in [-0.4, -0.2) is 153 Å². The fourth-order valence-corrected chi connectivity index (χ4v) is 12.4. The van der Waals surface area contributed by atoms with Crippen molar-refractivity contribution < 1.29 is 69.3 Å². The van der Waals surface area contributed by atoms with E-state index in [4.69, 9.17) is 28.4 Å². The molecule has 6 aliphatic rings. The van der Waals surface area contributed by atoms with Crippen molar-refractivity contribution in [2.75, 3.05) is 27.4 Å². The molecule has 53 heavy (non-hydrogen) atoms. The van der Waals surface area contributed by atoms with Crippen LogP contribution in [-0.2, 0) is 28.4 Å². The lowest BCUT2D eigenvalue weighted by atomic mass is 9.40. The normalized spacial score (nSPS) is 52.5. The first-order valence-corrected chi connectivity index (χ1v) is 20.0. The van der Waals surface area contributed by atoms with E-state index >= 15 is 0 Å². The van der Waals surface area contributed by atoms with Crippen LogP contribution in [0.15, 0.2) is 0 Å². The molecular weight excluding hydrogens is 692 g/mol. The minimum absolute atomic E-state index is 0.0311. The highest BCUT2D eigenvalue weighted by Gasteiger charge is 2.74. The zero-order chi connectivity index (χ0) is 38.8. The van der Waals surface area contributed by atoms with Gasteiger partial charge in [0.2, 0.25) is 0 Å². The Bertz CT molecular complexity index is 1240. The Morgan fingerprint density at radius 3 is 2.17 bits per heavy atom. The summed E-state index contributed by atoms with van der Waals surface area (Å²) in [4.78, 5) is 0. The predicted octanol–water partition coefficient (Wildman–Crippen LogP) is 0.846. The van der Waals surface area contributed by atoms with Gasteiger partial charge >= 0.3 is 0 Å². The molecule has 0 aromatic heterocycles. The fourth-order valence-electron chi connectivity index (χ4n) is 12.4. The minimum Gasteiger partial charge on any atom is -0.394 e. The summed E-state index contributed by atoms with van der Waals surface area (Å²) in [6.07, 6.45) is -6.17. The molecule has 8 N–H and O–H groups in total. The van der Waals surface area contributed by atoms with Crippen LogP contribution in [0, 0.1) is 40.4 Å². The molecule has 0 aromatic rings. The van der Waals surface area contributed by atoms with Gasteiger partial charge in [0.25, 0.3) is 0 Å². The van der Waals surface area contributed by atoms with Gasteiger partial charge in [0.05, 0.1) is 48.8 Å². The predicted molar refractivity (Wildman–Crippen MR) is 189 cm³/mol. The highest BCUT2D eigenvalue weighted by atomic mass is 16.8. The van der Waals surface area contributed by atoms with Gasteiger partial charge in [-0.1, -0.05) is 34.6 Å².